The maximum absolute atomic E-state index is 11.4. The minimum absolute atomic E-state index is 0.00986. The Hall–Kier alpha value is 0.330. The average Bonchev–Trinajstić information content (AvgIpc) is 2.17. The van der Waals surface area contributed by atoms with Gasteiger partial charge in [-0.1, -0.05) is 11.8 Å². The van der Waals surface area contributed by atoms with E-state index < -0.39 is 5.41 Å². The molecular formula is C8H17O4PS. The van der Waals surface area contributed by atoms with Gasteiger partial charge in [-0.3, -0.25) is 4.79 Å². The molecule has 0 aliphatic rings. The molecule has 0 heterocycles. The summed E-state index contributed by atoms with van der Waals surface area (Å²) in [6.45, 7) is 3.81. The second-order valence-corrected chi connectivity index (χ2v) is 5.25. The molecule has 0 radical (unpaired) electrons. The Morgan fingerprint density at radius 2 is 2.21 bits per heavy atom. The molecular weight excluding hydrogens is 223 g/mol. The van der Waals surface area contributed by atoms with Gasteiger partial charge in [0.1, 0.15) is 0 Å². The summed E-state index contributed by atoms with van der Waals surface area (Å²) in [6, 6.07) is 0. The summed E-state index contributed by atoms with van der Waals surface area (Å²) < 4.78 is 9.76. The number of hydrogen-bond acceptors (Lipinski definition) is 5. The molecule has 4 nitrogen and oxygen atoms in total. The number of rotatable bonds is 7. The van der Waals surface area contributed by atoms with Crippen molar-refractivity contribution in [2.75, 3.05) is 26.1 Å². The highest BCUT2D eigenvalue weighted by Crippen LogP contribution is 2.23. The average molecular weight is 240 g/mol. The standard InChI is InChI=1S/C8H17O4PS/c1-8(2,6-9)7(10)14-5-4-12-13-11-3/h9,13H,4-6H2,1-3H3. The number of aliphatic hydroxyl groups is 1. The smallest absolute Gasteiger partial charge is 0.196 e. The fourth-order valence-electron chi connectivity index (χ4n) is 0.537. The lowest BCUT2D eigenvalue weighted by Gasteiger charge is -2.18. The fraction of sp³-hybridized carbons (Fsp3) is 0.875. The van der Waals surface area contributed by atoms with Gasteiger partial charge in [0.05, 0.1) is 18.6 Å². The van der Waals surface area contributed by atoms with Crippen LogP contribution in [0.3, 0.4) is 0 Å². The molecule has 0 bridgehead atoms. The molecule has 84 valence electrons. The lowest BCUT2D eigenvalue weighted by Crippen LogP contribution is -2.26. The normalized spacial score (nSPS) is 12.6. The summed E-state index contributed by atoms with van der Waals surface area (Å²) in [5.74, 6) is 0.596. The van der Waals surface area contributed by atoms with Crippen LogP contribution in [0.25, 0.3) is 0 Å². The minimum Gasteiger partial charge on any atom is -0.395 e. The third-order valence-corrected chi connectivity index (χ3v) is 3.18. The topological polar surface area (TPSA) is 55.8 Å². The van der Waals surface area contributed by atoms with Gasteiger partial charge in [-0.2, -0.15) is 0 Å². The number of aliphatic hydroxyl groups excluding tert-OH is 1. The molecule has 0 amide bonds. The van der Waals surface area contributed by atoms with Gasteiger partial charge in [-0.05, 0) is 13.8 Å². The highest BCUT2D eigenvalue weighted by atomic mass is 32.2. The van der Waals surface area contributed by atoms with E-state index in [2.05, 4.69) is 0 Å². The third-order valence-electron chi connectivity index (χ3n) is 1.51. The van der Waals surface area contributed by atoms with Gasteiger partial charge in [0, 0.05) is 12.9 Å². The van der Waals surface area contributed by atoms with E-state index in [0.717, 1.165) is 0 Å². The molecule has 0 aromatic rings. The van der Waals surface area contributed by atoms with Crippen LogP contribution < -0.4 is 0 Å². The molecule has 0 fully saturated rings. The monoisotopic (exact) mass is 240 g/mol. The summed E-state index contributed by atoms with van der Waals surface area (Å²) >= 11 is 1.18. The van der Waals surface area contributed by atoms with E-state index in [-0.39, 0.29) is 20.8 Å². The molecule has 0 aromatic heterocycles. The fourth-order valence-corrected chi connectivity index (χ4v) is 1.80. The van der Waals surface area contributed by atoms with Gasteiger partial charge in [0.15, 0.2) is 14.1 Å². The zero-order chi connectivity index (χ0) is 11.0. The molecule has 0 aliphatic carbocycles. The molecule has 14 heavy (non-hydrogen) atoms. The van der Waals surface area contributed by atoms with Crippen LogP contribution in [0, 0.1) is 5.41 Å². The zero-order valence-corrected chi connectivity index (χ0v) is 10.5. The Bertz CT molecular complexity index is 175. The van der Waals surface area contributed by atoms with E-state index >= 15 is 0 Å². The van der Waals surface area contributed by atoms with Gasteiger partial charge in [-0.15, -0.1) is 0 Å². The molecule has 0 rings (SSSR count). The van der Waals surface area contributed by atoms with Crippen LogP contribution >= 0.6 is 20.8 Å². The van der Waals surface area contributed by atoms with Crippen LogP contribution in [0.4, 0.5) is 0 Å². The first-order valence-corrected chi connectivity index (χ1v) is 6.02. The molecule has 0 aliphatic heterocycles. The molecule has 0 saturated heterocycles. The second kappa shape index (κ2) is 7.60. The zero-order valence-electron chi connectivity index (χ0n) is 8.70. The first-order valence-electron chi connectivity index (χ1n) is 4.22. The van der Waals surface area contributed by atoms with Crippen molar-refractivity contribution in [1.82, 2.24) is 0 Å². The van der Waals surface area contributed by atoms with Gasteiger partial charge < -0.3 is 14.2 Å². The SMILES string of the molecule is COPOCCSC(=O)C(C)(C)CO. The summed E-state index contributed by atoms with van der Waals surface area (Å²) in [4.78, 5) is 11.4. The lowest BCUT2D eigenvalue weighted by molar-refractivity contribution is -0.119. The van der Waals surface area contributed by atoms with Crippen LogP contribution in [0.15, 0.2) is 0 Å². The largest absolute Gasteiger partial charge is 0.395 e. The Kier molecular flexibility index (Phi) is 7.78. The Morgan fingerprint density at radius 3 is 2.71 bits per heavy atom. The maximum atomic E-state index is 11.4. The Morgan fingerprint density at radius 1 is 1.57 bits per heavy atom. The van der Waals surface area contributed by atoms with Crippen molar-refractivity contribution < 1.29 is 18.9 Å². The van der Waals surface area contributed by atoms with Gasteiger partial charge >= 0.3 is 0 Å². The van der Waals surface area contributed by atoms with Crippen LogP contribution in [0.1, 0.15) is 13.8 Å². The van der Waals surface area contributed by atoms with Gasteiger partial charge in [-0.25, -0.2) is 0 Å². The van der Waals surface area contributed by atoms with Gasteiger partial charge in [0.2, 0.25) is 0 Å². The van der Waals surface area contributed by atoms with Crippen LogP contribution in [-0.2, 0) is 13.8 Å². The lowest BCUT2D eigenvalue weighted by atomic mass is 9.97. The maximum Gasteiger partial charge on any atom is 0.196 e. The van der Waals surface area contributed by atoms with Crippen molar-refractivity contribution >= 4 is 25.9 Å². The van der Waals surface area contributed by atoms with Crippen molar-refractivity contribution in [2.45, 2.75) is 13.8 Å². The minimum atomic E-state index is -0.659. The van der Waals surface area contributed by atoms with Crippen molar-refractivity contribution in [1.29, 1.82) is 0 Å². The van der Waals surface area contributed by atoms with Crippen LogP contribution in [0.2, 0.25) is 0 Å². The summed E-state index contributed by atoms with van der Waals surface area (Å²) in [5, 5.41) is 8.91. The van der Waals surface area contributed by atoms with Crippen molar-refractivity contribution in [2.24, 2.45) is 5.41 Å². The molecule has 0 saturated carbocycles. The van der Waals surface area contributed by atoms with E-state index in [9.17, 15) is 4.79 Å². The van der Waals surface area contributed by atoms with Crippen molar-refractivity contribution in [3.8, 4) is 0 Å². The first-order chi connectivity index (χ1) is 6.54. The molecule has 0 aromatic carbocycles. The molecule has 1 unspecified atom stereocenters. The number of thioether (sulfide) groups is 1. The van der Waals surface area contributed by atoms with Crippen molar-refractivity contribution in [3.63, 3.8) is 0 Å². The highest BCUT2D eigenvalue weighted by molar-refractivity contribution is 8.13. The highest BCUT2D eigenvalue weighted by Gasteiger charge is 2.26. The quantitative estimate of drug-likeness (QED) is 0.539. The van der Waals surface area contributed by atoms with E-state index in [1.165, 1.54) is 11.8 Å². The van der Waals surface area contributed by atoms with Crippen LogP contribution in [0.5, 0.6) is 0 Å². The molecule has 1 N–H and O–H groups in total. The first kappa shape index (κ1) is 14.3. The summed E-state index contributed by atoms with van der Waals surface area (Å²) in [7, 11) is 1.59. The molecule has 6 heteroatoms. The van der Waals surface area contributed by atoms with Gasteiger partial charge in [0.25, 0.3) is 0 Å². The van der Waals surface area contributed by atoms with E-state index in [0.29, 0.717) is 12.4 Å². The van der Waals surface area contributed by atoms with Crippen molar-refractivity contribution in [3.05, 3.63) is 0 Å². The molecule has 0 spiro atoms. The number of carbonyl (C=O) groups is 1. The second-order valence-electron chi connectivity index (χ2n) is 3.31. The Balaban J connectivity index is 3.54. The predicted octanol–water partition coefficient (Wildman–Crippen LogP) is 1.44. The Labute approximate surface area is 90.7 Å². The number of carbonyl (C=O) groups excluding carboxylic acids is 1. The summed E-state index contributed by atoms with van der Waals surface area (Å²) in [5.41, 5.74) is -0.659. The predicted molar refractivity (Wildman–Crippen MR) is 59.6 cm³/mol. The summed E-state index contributed by atoms with van der Waals surface area (Å²) in [6.07, 6.45) is 0. The van der Waals surface area contributed by atoms with E-state index in [4.69, 9.17) is 14.2 Å². The molecule has 1 atom stereocenters. The van der Waals surface area contributed by atoms with E-state index in [1.54, 1.807) is 21.0 Å². The van der Waals surface area contributed by atoms with E-state index in [1.807, 2.05) is 0 Å². The number of hydrogen-bond donors (Lipinski definition) is 1. The van der Waals surface area contributed by atoms with Crippen LogP contribution in [-0.4, -0.2) is 36.3 Å². The third kappa shape index (κ3) is 5.94.